The fourth-order valence-electron chi connectivity index (χ4n) is 2.24. The maximum absolute atomic E-state index is 11.9. The smallest absolute Gasteiger partial charge is 0.195 e. The van der Waals surface area contributed by atoms with Crippen LogP contribution >= 0.6 is 0 Å². The van der Waals surface area contributed by atoms with Gasteiger partial charge in [0.05, 0.1) is 6.04 Å². The van der Waals surface area contributed by atoms with Gasteiger partial charge in [-0.3, -0.25) is 0 Å². The Labute approximate surface area is 103 Å². The third kappa shape index (κ3) is 2.36. The predicted octanol–water partition coefficient (Wildman–Crippen LogP) is 1.32. The molecule has 94 valence electrons. The summed E-state index contributed by atoms with van der Waals surface area (Å²) in [7, 11) is -0.303. The van der Waals surface area contributed by atoms with Gasteiger partial charge in [-0.2, -0.15) is 17.4 Å². The molecule has 2 atom stereocenters. The fraction of sp³-hybridized carbons (Fsp3) is 0.500. The molecule has 4 nitrogen and oxygen atoms in total. The molecule has 0 saturated carbocycles. The lowest BCUT2D eigenvalue weighted by molar-refractivity contribution is 0.439. The highest BCUT2D eigenvalue weighted by Gasteiger charge is 2.32. The zero-order valence-electron chi connectivity index (χ0n) is 10.3. The molecule has 1 aromatic rings. The number of benzene rings is 1. The Hall–Kier alpha value is -0.910. The number of nitrogens with zero attached hydrogens (tertiary/aromatic N) is 1. The highest BCUT2D eigenvalue weighted by Crippen LogP contribution is 2.36. The Bertz CT molecular complexity index is 511. The second kappa shape index (κ2) is 4.40. The van der Waals surface area contributed by atoms with E-state index in [0.29, 0.717) is 5.92 Å². The van der Waals surface area contributed by atoms with Crippen molar-refractivity contribution in [2.45, 2.75) is 19.4 Å². The third-order valence-corrected chi connectivity index (χ3v) is 4.77. The summed E-state index contributed by atoms with van der Waals surface area (Å²) in [5.74, 6) is 0.294. The standard InChI is InChI=1S/C12H18N2O2S/c1-9-8-10-6-4-5-7-11(10)12(9)13-17(15,16)14(2)3/h4-7,9,12-13H,8H2,1-3H3/t9-,12-/m1/s1. The van der Waals surface area contributed by atoms with Gasteiger partial charge in [0.15, 0.2) is 0 Å². The second-order valence-electron chi connectivity index (χ2n) is 4.76. The predicted molar refractivity (Wildman–Crippen MR) is 67.8 cm³/mol. The maximum atomic E-state index is 11.9. The minimum atomic E-state index is -3.37. The van der Waals surface area contributed by atoms with E-state index < -0.39 is 10.2 Å². The van der Waals surface area contributed by atoms with E-state index in [1.165, 1.54) is 24.0 Å². The van der Waals surface area contributed by atoms with E-state index in [1.807, 2.05) is 18.2 Å². The number of nitrogens with one attached hydrogen (secondary N) is 1. The molecule has 0 amide bonds. The molecule has 0 aliphatic heterocycles. The van der Waals surface area contributed by atoms with Crippen LogP contribution in [-0.2, 0) is 16.6 Å². The monoisotopic (exact) mass is 254 g/mol. The van der Waals surface area contributed by atoms with Crippen LogP contribution in [0.4, 0.5) is 0 Å². The molecule has 1 N–H and O–H groups in total. The van der Waals surface area contributed by atoms with Crippen molar-refractivity contribution in [1.29, 1.82) is 0 Å². The first-order valence-electron chi connectivity index (χ1n) is 5.69. The van der Waals surface area contributed by atoms with Crippen LogP contribution in [0.15, 0.2) is 24.3 Å². The van der Waals surface area contributed by atoms with Gasteiger partial charge in [-0.05, 0) is 23.5 Å². The molecule has 0 spiro atoms. The molecule has 2 rings (SSSR count). The second-order valence-corrected chi connectivity index (χ2v) is 6.68. The van der Waals surface area contributed by atoms with Gasteiger partial charge >= 0.3 is 0 Å². The van der Waals surface area contributed by atoms with Gasteiger partial charge in [-0.1, -0.05) is 31.2 Å². The van der Waals surface area contributed by atoms with Gasteiger partial charge < -0.3 is 0 Å². The van der Waals surface area contributed by atoms with Gasteiger partial charge in [0.25, 0.3) is 10.2 Å². The maximum Gasteiger partial charge on any atom is 0.279 e. The number of hydrogen-bond acceptors (Lipinski definition) is 2. The molecule has 0 radical (unpaired) electrons. The van der Waals surface area contributed by atoms with Crippen molar-refractivity contribution in [1.82, 2.24) is 9.03 Å². The summed E-state index contributed by atoms with van der Waals surface area (Å²) in [6.45, 7) is 2.07. The molecule has 0 heterocycles. The van der Waals surface area contributed by atoms with E-state index in [4.69, 9.17) is 0 Å². The van der Waals surface area contributed by atoms with E-state index in [1.54, 1.807) is 0 Å². The lowest BCUT2D eigenvalue weighted by Gasteiger charge is -2.21. The molecular weight excluding hydrogens is 236 g/mol. The molecule has 1 aliphatic rings. The first kappa shape index (κ1) is 12.5. The summed E-state index contributed by atoms with van der Waals surface area (Å²) in [6.07, 6.45) is 0.927. The van der Waals surface area contributed by atoms with Crippen molar-refractivity contribution in [3.63, 3.8) is 0 Å². The number of fused-ring (bicyclic) bond motifs is 1. The summed E-state index contributed by atoms with van der Waals surface area (Å²) in [6, 6.07) is 7.90. The Morgan fingerprint density at radius 2 is 1.94 bits per heavy atom. The summed E-state index contributed by atoms with van der Waals surface area (Å²) in [5, 5.41) is 0. The van der Waals surface area contributed by atoms with E-state index in [0.717, 1.165) is 12.0 Å². The van der Waals surface area contributed by atoms with Crippen molar-refractivity contribution in [2.24, 2.45) is 5.92 Å². The molecule has 0 fully saturated rings. The Morgan fingerprint density at radius 1 is 1.29 bits per heavy atom. The SMILES string of the molecule is C[C@@H]1Cc2ccccc2[C@@H]1NS(=O)(=O)N(C)C. The highest BCUT2D eigenvalue weighted by atomic mass is 32.2. The van der Waals surface area contributed by atoms with Crippen LogP contribution in [0.1, 0.15) is 24.1 Å². The van der Waals surface area contributed by atoms with Crippen LogP contribution in [0, 0.1) is 5.92 Å². The van der Waals surface area contributed by atoms with Crippen LogP contribution in [0.3, 0.4) is 0 Å². The van der Waals surface area contributed by atoms with Gasteiger partial charge in [-0.15, -0.1) is 0 Å². The fourth-order valence-corrected chi connectivity index (χ4v) is 3.13. The lowest BCUT2D eigenvalue weighted by atomic mass is 10.0. The number of rotatable bonds is 3. The quantitative estimate of drug-likeness (QED) is 0.884. The largest absolute Gasteiger partial charge is 0.279 e. The zero-order valence-corrected chi connectivity index (χ0v) is 11.2. The zero-order chi connectivity index (χ0) is 12.6. The van der Waals surface area contributed by atoms with Crippen LogP contribution in [-0.4, -0.2) is 26.8 Å². The average molecular weight is 254 g/mol. The minimum Gasteiger partial charge on any atom is -0.195 e. The molecule has 0 aromatic heterocycles. The van der Waals surface area contributed by atoms with Crippen LogP contribution in [0.2, 0.25) is 0 Å². The molecule has 0 unspecified atom stereocenters. The van der Waals surface area contributed by atoms with Crippen molar-refractivity contribution < 1.29 is 8.42 Å². The lowest BCUT2D eigenvalue weighted by Crippen LogP contribution is -2.39. The van der Waals surface area contributed by atoms with Gasteiger partial charge in [-0.25, -0.2) is 0 Å². The van der Waals surface area contributed by atoms with E-state index >= 15 is 0 Å². The highest BCUT2D eigenvalue weighted by molar-refractivity contribution is 7.87. The van der Waals surface area contributed by atoms with Crippen LogP contribution in [0.25, 0.3) is 0 Å². The van der Waals surface area contributed by atoms with Crippen molar-refractivity contribution >= 4 is 10.2 Å². The number of hydrogen-bond donors (Lipinski definition) is 1. The summed E-state index contributed by atoms with van der Waals surface area (Å²) >= 11 is 0. The first-order valence-corrected chi connectivity index (χ1v) is 7.13. The molecule has 0 bridgehead atoms. The average Bonchev–Trinajstić information content (AvgIpc) is 2.55. The topological polar surface area (TPSA) is 49.4 Å². The minimum absolute atomic E-state index is 0.112. The molecule has 1 aromatic carbocycles. The first-order chi connectivity index (χ1) is 7.92. The van der Waals surface area contributed by atoms with Gasteiger partial charge in [0.1, 0.15) is 0 Å². The van der Waals surface area contributed by atoms with Crippen LogP contribution < -0.4 is 4.72 Å². The Balaban J connectivity index is 2.29. The molecule has 0 saturated heterocycles. The van der Waals surface area contributed by atoms with Crippen molar-refractivity contribution in [2.75, 3.05) is 14.1 Å². The van der Waals surface area contributed by atoms with Crippen molar-refractivity contribution in [3.8, 4) is 0 Å². The summed E-state index contributed by atoms with van der Waals surface area (Å²) in [5.41, 5.74) is 2.34. The molecular formula is C12H18N2O2S. The van der Waals surface area contributed by atoms with E-state index in [9.17, 15) is 8.42 Å². The normalized spacial score (nSPS) is 24.0. The van der Waals surface area contributed by atoms with Gasteiger partial charge in [0, 0.05) is 14.1 Å². The van der Waals surface area contributed by atoms with Gasteiger partial charge in [0.2, 0.25) is 0 Å². The molecule has 1 aliphatic carbocycles. The summed E-state index contributed by atoms with van der Waals surface area (Å²) < 4.78 is 27.7. The van der Waals surface area contributed by atoms with Crippen molar-refractivity contribution in [3.05, 3.63) is 35.4 Å². The third-order valence-electron chi connectivity index (χ3n) is 3.26. The van der Waals surface area contributed by atoms with Crippen LogP contribution in [0.5, 0.6) is 0 Å². The Kier molecular flexibility index (Phi) is 3.25. The Morgan fingerprint density at radius 3 is 2.59 bits per heavy atom. The van der Waals surface area contributed by atoms with E-state index in [2.05, 4.69) is 17.7 Å². The van der Waals surface area contributed by atoms with E-state index in [-0.39, 0.29) is 6.04 Å². The summed E-state index contributed by atoms with van der Waals surface area (Å²) in [4.78, 5) is 0. The molecule has 5 heteroatoms. The molecule has 17 heavy (non-hydrogen) atoms.